The van der Waals surface area contributed by atoms with Crippen LogP contribution in [-0.2, 0) is 6.54 Å². The minimum atomic E-state index is 0.0257. The summed E-state index contributed by atoms with van der Waals surface area (Å²) in [6, 6.07) is 4.12. The number of urea groups is 1. The molecule has 0 aliphatic carbocycles. The maximum atomic E-state index is 12.4. The van der Waals surface area contributed by atoms with E-state index in [-0.39, 0.29) is 6.03 Å². The maximum Gasteiger partial charge on any atom is 0.318 e. The molecular formula is C15H25N3O2. The molecule has 1 saturated heterocycles. The number of carbonyl (C=O) groups excluding carboxylic acids is 1. The average Bonchev–Trinajstić information content (AvgIpc) is 2.96. The number of piperidine rings is 1. The van der Waals surface area contributed by atoms with Crippen LogP contribution >= 0.6 is 0 Å². The van der Waals surface area contributed by atoms with E-state index in [4.69, 9.17) is 4.42 Å². The Morgan fingerprint density at radius 3 is 2.85 bits per heavy atom. The zero-order valence-corrected chi connectivity index (χ0v) is 12.5. The number of likely N-dealkylation sites (tertiary alicyclic amines) is 1. The molecule has 1 aliphatic heterocycles. The molecular weight excluding hydrogens is 254 g/mol. The van der Waals surface area contributed by atoms with Crippen LogP contribution in [0.3, 0.4) is 0 Å². The Morgan fingerprint density at radius 2 is 2.25 bits per heavy atom. The molecule has 2 rings (SSSR count). The van der Waals surface area contributed by atoms with Gasteiger partial charge in [0.1, 0.15) is 5.76 Å². The first-order valence-electron chi connectivity index (χ1n) is 7.46. The van der Waals surface area contributed by atoms with E-state index in [1.165, 1.54) is 0 Å². The van der Waals surface area contributed by atoms with Crippen molar-refractivity contribution in [3.8, 4) is 0 Å². The highest BCUT2D eigenvalue weighted by Crippen LogP contribution is 2.18. The van der Waals surface area contributed by atoms with Gasteiger partial charge in [-0.25, -0.2) is 4.79 Å². The highest BCUT2D eigenvalue weighted by molar-refractivity contribution is 5.74. The second-order valence-corrected chi connectivity index (χ2v) is 5.47. The topological polar surface area (TPSA) is 48.7 Å². The van der Waals surface area contributed by atoms with Crippen molar-refractivity contribution in [2.45, 2.75) is 38.8 Å². The van der Waals surface area contributed by atoms with Crippen LogP contribution in [0.1, 0.15) is 31.9 Å². The van der Waals surface area contributed by atoms with Crippen LogP contribution in [0.5, 0.6) is 0 Å². The van der Waals surface area contributed by atoms with Gasteiger partial charge in [0, 0.05) is 12.6 Å². The van der Waals surface area contributed by atoms with E-state index in [2.05, 4.69) is 24.2 Å². The van der Waals surface area contributed by atoms with Crippen molar-refractivity contribution in [1.82, 2.24) is 15.1 Å². The third-order valence-corrected chi connectivity index (χ3v) is 3.82. The zero-order chi connectivity index (χ0) is 14.4. The van der Waals surface area contributed by atoms with E-state index >= 15 is 0 Å². The fourth-order valence-corrected chi connectivity index (χ4v) is 2.58. The first-order valence-corrected chi connectivity index (χ1v) is 7.46. The number of rotatable bonds is 5. The summed E-state index contributed by atoms with van der Waals surface area (Å²) in [5.74, 6) is 0.843. The van der Waals surface area contributed by atoms with E-state index in [1.807, 2.05) is 17.0 Å². The molecule has 0 saturated carbocycles. The van der Waals surface area contributed by atoms with Gasteiger partial charge >= 0.3 is 6.03 Å². The fourth-order valence-electron chi connectivity index (χ4n) is 2.58. The van der Waals surface area contributed by atoms with Crippen LogP contribution in [0.2, 0.25) is 0 Å². The first kappa shape index (κ1) is 14.9. The number of nitrogens with one attached hydrogen (secondary N) is 1. The van der Waals surface area contributed by atoms with Gasteiger partial charge in [0.2, 0.25) is 0 Å². The molecule has 1 N–H and O–H groups in total. The molecule has 0 spiro atoms. The number of hydrogen-bond acceptors (Lipinski definition) is 3. The summed E-state index contributed by atoms with van der Waals surface area (Å²) in [5, 5.41) is 2.99. The Balaban J connectivity index is 2.00. The van der Waals surface area contributed by atoms with Gasteiger partial charge < -0.3 is 19.5 Å². The van der Waals surface area contributed by atoms with Crippen molar-refractivity contribution < 1.29 is 9.21 Å². The van der Waals surface area contributed by atoms with Crippen molar-refractivity contribution in [2.75, 3.05) is 26.7 Å². The van der Waals surface area contributed by atoms with Crippen molar-refractivity contribution >= 4 is 6.03 Å². The summed E-state index contributed by atoms with van der Waals surface area (Å²) in [4.78, 5) is 16.6. The number of nitrogens with zero attached hydrogens (tertiary/aromatic N) is 2. The molecule has 20 heavy (non-hydrogen) atoms. The van der Waals surface area contributed by atoms with Crippen molar-refractivity contribution in [2.24, 2.45) is 0 Å². The number of hydrogen-bond donors (Lipinski definition) is 1. The lowest BCUT2D eigenvalue weighted by molar-refractivity contribution is 0.122. The second kappa shape index (κ2) is 7.33. The number of amides is 2. The van der Waals surface area contributed by atoms with Gasteiger partial charge in [0.15, 0.2) is 0 Å². The quantitative estimate of drug-likeness (QED) is 0.899. The lowest BCUT2D eigenvalue weighted by atomic mass is 10.0. The highest BCUT2D eigenvalue weighted by Gasteiger charge is 2.27. The Labute approximate surface area is 120 Å². The summed E-state index contributed by atoms with van der Waals surface area (Å²) in [5.41, 5.74) is 0. The van der Waals surface area contributed by atoms with Gasteiger partial charge in [-0.3, -0.25) is 0 Å². The standard InChI is InChI=1S/C15H25N3O2/c1-3-8-16-15(19)18(12-14-5-4-11-20-14)13-6-9-17(2)10-7-13/h4-5,11,13H,3,6-10,12H2,1-2H3,(H,16,19). The van der Waals surface area contributed by atoms with Crippen LogP contribution in [0, 0.1) is 0 Å². The highest BCUT2D eigenvalue weighted by atomic mass is 16.3. The van der Waals surface area contributed by atoms with E-state index in [1.54, 1.807) is 6.26 Å². The SMILES string of the molecule is CCCNC(=O)N(Cc1ccco1)C1CCN(C)CC1. The molecule has 112 valence electrons. The van der Waals surface area contributed by atoms with Crippen LogP contribution in [0.4, 0.5) is 4.79 Å². The van der Waals surface area contributed by atoms with Gasteiger partial charge in [0.25, 0.3) is 0 Å². The molecule has 2 amide bonds. The minimum Gasteiger partial charge on any atom is -0.467 e. The van der Waals surface area contributed by atoms with Gasteiger partial charge in [-0.05, 0) is 51.5 Å². The molecule has 1 aromatic rings. The van der Waals surface area contributed by atoms with Crippen molar-refractivity contribution in [3.05, 3.63) is 24.2 Å². The van der Waals surface area contributed by atoms with E-state index < -0.39 is 0 Å². The predicted octanol–water partition coefficient (Wildman–Crippen LogP) is 2.30. The zero-order valence-electron chi connectivity index (χ0n) is 12.5. The number of carbonyl (C=O) groups is 1. The smallest absolute Gasteiger partial charge is 0.318 e. The van der Waals surface area contributed by atoms with Crippen molar-refractivity contribution in [1.29, 1.82) is 0 Å². The first-order chi connectivity index (χ1) is 9.70. The molecule has 0 aromatic carbocycles. The normalized spacial score (nSPS) is 17.1. The molecule has 1 aromatic heterocycles. The molecule has 0 bridgehead atoms. The van der Waals surface area contributed by atoms with Gasteiger partial charge in [-0.15, -0.1) is 0 Å². The number of furan rings is 1. The maximum absolute atomic E-state index is 12.4. The van der Waals surface area contributed by atoms with Crippen LogP contribution in [0.25, 0.3) is 0 Å². The minimum absolute atomic E-state index is 0.0257. The van der Waals surface area contributed by atoms with Crippen LogP contribution < -0.4 is 5.32 Å². The summed E-state index contributed by atoms with van der Waals surface area (Å²) in [6.07, 6.45) is 4.66. The lowest BCUT2D eigenvalue weighted by Gasteiger charge is -2.36. The summed E-state index contributed by atoms with van der Waals surface area (Å²) < 4.78 is 5.40. The molecule has 1 fully saturated rings. The van der Waals surface area contributed by atoms with E-state index in [0.717, 1.165) is 44.7 Å². The molecule has 0 atom stereocenters. The Bertz CT molecular complexity index is 397. The molecule has 2 heterocycles. The van der Waals surface area contributed by atoms with Gasteiger partial charge in [-0.2, -0.15) is 0 Å². The van der Waals surface area contributed by atoms with Crippen molar-refractivity contribution in [3.63, 3.8) is 0 Å². The third-order valence-electron chi connectivity index (χ3n) is 3.82. The molecule has 0 unspecified atom stereocenters. The monoisotopic (exact) mass is 279 g/mol. The largest absolute Gasteiger partial charge is 0.467 e. The second-order valence-electron chi connectivity index (χ2n) is 5.47. The molecule has 0 radical (unpaired) electrons. The summed E-state index contributed by atoms with van der Waals surface area (Å²) in [7, 11) is 2.13. The summed E-state index contributed by atoms with van der Waals surface area (Å²) in [6.45, 7) is 5.42. The molecule has 5 nitrogen and oxygen atoms in total. The third kappa shape index (κ3) is 4.00. The Kier molecular flexibility index (Phi) is 5.47. The van der Waals surface area contributed by atoms with Crippen LogP contribution in [0.15, 0.2) is 22.8 Å². The van der Waals surface area contributed by atoms with Gasteiger partial charge in [0.05, 0.1) is 12.8 Å². The van der Waals surface area contributed by atoms with E-state index in [9.17, 15) is 4.79 Å². The predicted molar refractivity (Wildman–Crippen MR) is 78.5 cm³/mol. The van der Waals surface area contributed by atoms with Gasteiger partial charge in [-0.1, -0.05) is 6.92 Å². The lowest BCUT2D eigenvalue weighted by Crippen LogP contribution is -2.49. The van der Waals surface area contributed by atoms with E-state index in [0.29, 0.717) is 12.6 Å². The average molecular weight is 279 g/mol. The fraction of sp³-hybridized carbons (Fsp3) is 0.667. The summed E-state index contributed by atoms with van der Waals surface area (Å²) >= 11 is 0. The molecule has 5 heteroatoms. The Hall–Kier alpha value is -1.49. The Morgan fingerprint density at radius 1 is 1.50 bits per heavy atom. The van der Waals surface area contributed by atoms with Crippen LogP contribution in [-0.4, -0.2) is 48.6 Å². The molecule has 1 aliphatic rings.